The van der Waals surface area contributed by atoms with Crippen LogP contribution in [0.25, 0.3) is 0 Å². The summed E-state index contributed by atoms with van der Waals surface area (Å²) in [4.78, 5) is 4.27. The summed E-state index contributed by atoms with van der Waals surface area (Å²) in [5.74, 6) is 1.93. The van der Waals surface area contributed by atoms with E-state index in [0.29, 0.717) is 6.04 Å². The number of rotatable bonds is 5. The maximum absolute atomic E-state index is 5.45. The second-order valence-electron chi connectivity index (χ2n) is 4.76. The Labute approximate surface area is 91.3 Å². The highest BCUT2D eigenvalue weighted by atomic mass is 16.3. The van der Waals surface area contributed by atoms with Gasteiger partial charge in [-0.25, -0.2) is 4.98 Å². The minimum absolute atomic E-state index is 0.498. The lowest BCUT2D eigenvalue weighted by atomic mass is 9.82. The lowest BCUT2D eigenvalue weighted by Gasteiger charge is -2.24. The van der Waals surface area contributed by atoms with E-state index in [2.05, 4.69) is 24.1 Å². The van der Waals surface area contributed by atoms with Crippen LogP contribution in [-0.4, -0.2) is 11.0 Å². The first kappa shape index (κ1) is 10.7. The summed E-state index contributed by atoms with van der Waals surface area (Å²) in [5, 5.41) is 3.38. The second kappa shape index (κ2) is 4.79. The third-order valence-electron chi connectivity index (χ3n) is 3.10. The van der Waals surface area contributed by atoms with Gasteiger partial charge in [0.2, 0.25) is 0 Å². The zero-order valence-corrected chi connectivity index (χ0v) is 9.62. The molecule has 0 aliphatic heterocycles. The summed E-state index contributed by atoms with van der Waals surface area (Å²) in [6.45, 7) is 5.12. The molecule has 1 aromatic heterocycles. The normalized spacial score (nSPS) is 17.0. The number of hydrogen-bond acceptors (Lipinski definition) is 3. The molecule has 0 unspecified atom stereocenters. The van der Waals surface area contributed by atoms with Crippen molar-refractivity contribution in [2.24, 2.45) is 5.92 Å². The van der Waals surface area contributed by atoms with E-state index in [4.69, 9.17) is 4.42 Å². The molecular weight excluding hydrogens is 188 g/mol. The van der Waals surface area contributed by atoms with E-state index in [-0.39, 0.29) is 0 Å². The molecule has 1 heterocycles. The van der Waals surface area contributed by atoms with E-state index < -0.39 is 0 Å². The quantitative estimate of drug-likeness (QED) is 0.808. The zero-order chi connectivity index (χ0) is 10.7. The van der Waals surface area contributed by atoms with E-state index in [9.17, 15) is 0 Å². The molecule has 0 spiro atoms. The molecule has 0 aromatic carbocycles. The van der Waals surface area contributed by atoms with Gasteiger partial charge in [0.25, 0.3) is 0 Å². The average molecular weight is 208 g/mol. The summed E-state index contributed by atoms with van der Waals surface area (Å²) in [7, 11) is 0. The van der Waals surface area contributed by atoms with Crippen LogP contribution in [0.2, 0.25) is 0 Å². The first-order chi connectivity index (χ1) is 7.25. The molecule has 0 saturated heterocycles. The van der Waals surface area contributed by atoms with Gasteiger partial charge in [-0.2, -0.15) is 0 Å². The minimum Gasteiger partial charge on any atom is -0.448 e. The molecule has 1 saturated carbocycles. The van der Waals surface area contributed by atoms with Crippen LogP contribution in [0.15, 0.2) is 10.8 Å². The maximum atomic E-state index is 5.45. The van der Waals surface area contributed by atoms with Crippen LogP contribution >= 0.6 is 0 Å². The Morgan fingerprint density at radius 3 is 2.93 bits per heavy atom. The summed E-state index contributed by atoms with van der Waals surface area (Å²) in [6, 6.07) is 0.498. The lowest BCUT2D eigenvalue weighted by Crippen LogP contribution is -2.23. The van der Waals surface area contributed by atoms with Crippen molar-refractivity contribution in [3.05, 3.63) is 17.8 Å². The molecule has 2 rings (SSSR count). The van der Waals surface area contributed by atoms with Crippen LogP contribution in [-0.2, 0) is 13.0 Å². The van der Waals surface area contributed by atoms with Crippen LogP contribution < -0.4 is 5.32 Å². The van der Waals surface area contributed by atoms with Gasteiger partial charge >= 0.3 is 0 Å². The van der Waals surface area contributed by atoms with Crippen molar-refractivity contribution >= 4 is 0 Å². The van der Waals surface area contributed by atoms with Gasteiger partial charge in [0.05, 0.1) is 5.69 Å². The number of oxazole rings is 1. The summed E-state index contributed by atoms with van der Waals surface area (Å²) in [6.07, 6.45) is 6.76. The molecule has 1 aliphatic carbocycles. The number of nitrogens with zero attached hydrogens (tertiary/aromatic N) is 1. The summed E-state index contributed by atoms with van der Waals surface area (Å²) in [5.41, 5.74) is 1.09. The van der Waals surface area contributed by atoms with E-state index in [0.717, 1.165) is 30.3 Å². The first-order valence-electron chi connectivity index (χ1n) is 5.90. The highest BCUT2D eigenvalue weighted by molar-refractivity contribution is 5.08. The van der Waals surface area contributed by atoms with Crippen LogP contribution in [0.5, 0.6) is 0 Å². The van der Waals surface area contributed by atoms with Gasteiger partial charge < -0.3 is 9.73 Å². The molecule has 1 fully saturated rings. The molecule has 1 aliphatic rings. The fraction of sp³-hybridized carbons (Fsp3) is 0.750. The molecule has 1 aromatic rings. The molecule has 0 bridgehead atoms. The van der Waals surface area contributed by atoms with Crippen molar-refractivity contribution in [3.63, 3.8) is 0 Å². The van der Waals surface area contributed by atoms with Gasteiger partial charge in [-0.3, -0.25) is 0 Å². The smallest absolute Gasteiger partial charge is 0.181 e. The zero-order valence-electron chi connectivity index (χ0n) is 9.62. The topological polar surface area (TPSA) is 38.1 Å². The molecule has 0 atom stereocenters. The van der Waals surface area contributed by atoms with Gasteiger partial charge in [-0.1, -0.05) is 33.1 Å². The number of hydrogen-bond donors (Lipinski definition) is 1. The van der Waals surface area contributed by atoms with Crippen LogP contribution in [0, 0.1) is 5.92 Å². The van der Waals surface area contributed by atoms with E-state index in [1.165, 1.54) is 19.3 Å². The molecule has 15 heavy (non-hydrogen) atoms. The van der Waals surface area contributed by atoms with Crippen molar-refractivity contribution in [3.8, 4) is 0 Å². The monoisotopic (exact) mass is 208 g/mol. The van der Waals surface area contributed by atoms with Gasteiger partial charge in [-0.15, -0.1) is 0 Å². The Bertz CT molecular complexity index is 302. The second-order valence-corrected chi connectivity index (χ2v) is 4.76. The van der Waals surface area contributed by atoms with Crippen LogP contribution in [0.3, 0.4) is 0 Å². The Morgan fingerprint density at radius 1 is 1.53 bits per heavy atom. The molecule has 1 N–H and O–H groups in total. The predicted molar refractivity (Wildman–Crippen MR) is 59.5 cm³/mol. The van der Waals surface area contributed by atoms with Crippen molar-refractivity contribution in [2.45, 2.75) is 52.1 Å². The van der Waals surface area contributed by atoms with Crippen molar-refractivity contribution < 1.29 is 4.42 Å². The van der Waals surface area contributed by atoms with E-state index in [1.807, 2.05) is 0 Å². The fourth-order valence-corrected chi connectivity index (χ4v) is 1.86. The van der Waals surface area contributed by atoms with Gasteiger partial charge in [-0.05, 0) is 5.92 Å². The molecule has 84 valence electrons. The number of nitrogens with one attached hydrogen (secondary N) is 1. The highest BCUT2D eigenvalue weighted by Gasteiger charge is 2.21. The summed E-state index contributed by atoms with van der Waals surface area (Å²) < 4.78 is 5.45. The Kier molecular flexibility index (Phi) is 3.41. The summed E-state index contributed by atoms with van der Waals surface area (Å²) >= 11 is 0. The lowest BCUT2D eigenvalue weighted by molar-refractivity contribution is 0.293. The van der Waals surface area contributed by atoms with Gasteiger partial charge in [0, 0.05) is 19.0 Å². The molecule has 3 nitrogen and oxygen atoms in total. The third kappa shape index (κ3) is 2.81. The Hall–Kier alpha value is -0.830. The van der Waals surface area contributed by atoms with Crippen molar-refractivity contribution in [2.75, 3.05) is 0 Å². The molecular formula is C12H20N2O. The predicted octanol–water partition coefficient (Wildman–Crippen LogP) is 2.52. The Morgan fingerprint density at radius 2 is 2.33 bits per heavy atom. The first-order valence-corrected chi connectivity index (χ1v) is 5.90. The van der Waals surface area contributed by atoms with E-state index >= 15 is 0 Å². The third-order valence-corrected chi connectivity index (χ3v) is 3.10. The largest absolute Gasteiger partial charge is 0.448 e. The minimum atomic E-state index is 0.498. The van der Waals surface area contributed by atoms with E-state index in [1.54, 1.807) is 6.39 Å². The van der Waals surface area contributed by atoms with Crippen molar-refractivity contribution in [1.82, 2.24) is 10.3 Å². The van der Waals surface area contributed by atoms with Gasteiger partial charge in [0.1, 0.15) is 5.76 Å². The molecule has 0 radical (unpaired) electrons. The Balaban J connectivity index is 1.89. The number of aromatic nitrogens is 1. The maximum Gasteiger partial charge on any atom is 0.181 e. The molecule has 3 heteroatoms. The fourth-order valence-electron chi connectivity index (χ4n) is 1.86. The SMILES string of the molecule is CC(C)NCc1ncoc1CC1CCC1. The average Bonchev–Trinajstić information content (AvgIpc) is 2.55. The van der Waals surface area contributed by atoms with Crippen LogP contribution in [0.1, 0.15) is 44.6 Å². The van der Waals surface area contributed by atoms with Crippen LogP contribution in [0.4, 0.5) is 0 Å². The highest BCUT2D eigenvalue weighted by Crippen LogP contribution is 2.30. The standard InChI is InChI=1S/C12H20N2O/c1-9(2)13-7-11-12(15-8-14-11)6-10-4-3-5-10/h8-10,13H,3-7H2,1-2H3. The van der Waals surface area contributed by atoms with Gasteiger partial charge in [0.15, 0.2) is 6.39 Å². The molecule has 0 amide bonds. The van der Waals surface area contributed by atoms with Crippen molar-refractivity contribution in [1.29, 1.82) is 0 Å².